The van der Waals surface area contributed by atoms with E-state index in [1.807, 2.05) is 35.2 Å². The van der Waals surface area contributed by atoms with Crippen molar-refractivity contribution in [3.63, 3.8) is 0 Å². The Morgan fingerprint density at radius 3 is 2.38 bits per heavy atom. The van der Waals surface area contributed by atoms with Gasteiger partial charge in [-0.2, -0.15) is 13.2 Å². The van der Waals surface area contributed by atoms with Gasteiger partial charge in [-0.05, 0) is 48.9 Å². The fraction of sp³-hybridized carbons (Fsp3) is 0.519. The summed E-state index contributed by atoms with van der Waals surface area (Å²) in [6.07, 6.45) is 2.17. The highest BCUT2D eigenvalue weighted by atomic mass is 35.5. The molecular formula is C27H32ClF3N2O. The minimum Gasteiger partial charge on any atom is -0.337 e. The normalized spacial score (nSPS) is 21.4. The van der Waals surface area contributed by atoms with Crippen LogP contribution >= 0.6 is 11.6 Å². The molecule has 2 aliphatic rings. The molecule has 1 saturated carbocycles. The van der Waals surface area contributed by atoms with Gasteiger partial charge >= 0.3 is 6.18 Å². The first-order valence-corrected chi connectivity index (χ1v) is 12.6. The second-order valence-electron chi connectivity index (χ2n) is 9.69. The van der Waals surface area contributed by atoms with Crippen molar-refractivity contribution in [1.82, 2.24) is 9.80 Å². The van der Waals surface area contributed by atoms with Crippen molar-refractivity contribution < 1.29 is 18.0 Å². The molecule has 2 atom stereocenters. The molecule has 1 heterocycles. The maximum absolute atomic E-state index is 13.2. The lowest BCUT2D eigenvalue weighted by Crippen LogP contribution is -2.55. The van der Waals surface area contributed by atoms with Crippen molar-refractivity contribution in [1.29, 1.82) is 0 Å². The molecule has 1 aliphatic carbocycles. The van der Waals surface area contributed by atoms with Gasteiger partial charge in [0.15, 0.2) is 0 Å². The Morgan fingerprint density at radius 2 is 1.76 bits per heavy atom. The quantitative estimate of drug-likeness (QED) is 0.451. The van der Waals surface area contributed by atoms with Crippen LogP contribution in [0.5, 0.6) is 0 Å². The van der Waals surface area contributed by atoms with Crippen molar-refractivity contribution in [2.24, 2.45) is 5.92 Å². The summed E-state index contributed by atoms with van der Waals surface area (Å²) in [5.41, 5.74) is 0.868. The third-order valence-electron chi connectivity index (χ3n) is 7.27. The Labute approximate surface area is 204 Å². The van der Waals surface area contributed by atoms with Crippen LogP contribution in [0.15, 0.2) is 48.5 Å². The number of carbonyl (C=O) groups is 1. The Kier molecular flexibility index (Phi) is 7.88. The summed E-state index contributed by atoms with van der Waals surface area (Å²) in [6, 6.07) is 13.1. The summed E-state index contributed by atoms with van der Waals surface area (Å²) in [5, 5.41) is 0.104. The second kappa shape index (κ2) is 10.7. The van der Waals surface area contributed by atoms with Gasteiger partial charge in [-0.25, -0.2) is 0 Å². The van der Waals surface area contributed by atoms with Crippen molar-refractivity contribution in [3.8, 4) is 0 Å². The molecule has 2 aromatic rings. The molecule has 34 heavy (non-hydrogen) atoms. The van der Waals surface area contributed by atoms with Gasteiger partial charge in [0.2, 0.25) is 5.91 Å². The van der Waals surface area contributed by atoms with Crippen LogP contribution in [0.4, 0.5) is 13.2 Å². The third-order valence-corrected chi connectivity index (χ3v) is 7.60. The molecule has 2 unspecified atom stereocenters. The number of hydrogen-bond acceptors (Lipinski definition) is 2. The number of alkyl halides is 3. The number of amides is 1. The van der Waals surface area contributed by atoms with Crippen molar-refractivity contribution >= 4 is 17.5 Å². The van der Waals surface area contributed by atoms with E-state index in [2.05, 4.69) is 11.8 Å². The number of rotatable bonds is 5. The van der Waals surface area contributed by atoms with E-state index in [1.165, 1.54) is 25.3 Å². The zero-order chi connectivity index (χ0) is 24.3. The topological polar surface area (TPSA) is 23.6 Å². The van der Waals surface area contributed by atoms with Gasteiger partial charge in [-0.1, -0.05) is 67.3 Å². The van der Waals surface area contributed by atoms with Crippen LogP contribution in [0, 0.1) is 5.92 Å². The predicted molar refractivity (Wildman–Crippen MR) is 129 cm³/mol. The van der Waals surface area contributed by atoms with Crippen molar-refractivity contribution in [2.45, 2.75) is 63.7 Å². The maximum Gasteiger partial charge on any atom is 0.416 e. The molecule has 2 aromatic carbocycles. The van der Waals surface area contributed by atoms with E-state index in [0.717, 1.165) is 30.5 Å². The molecule has 0 bridgehead atoms. The Hall–Kier alpha value is -2.05. The third kappa shape index (κ3) is 5.77. The molecule has 1 aliphatic heterocycles. The Balaban J connectivity index is 1.54. The average molecular weight is 493 g/mol. The lowest BCUT2D eigenvalue weighted by atomic mass is 9.86. The summed E-state index contributed by atoms with van der Waals surface area (Å²) < 4.78 is 39.6. The first-order valence-electron chi connectivity index (χ1n) is 12.2. The first-order chi connectivity index (χ1) is 16.2. The van der Waals surface area contributed by atoms with Crippen LogP contribution in [-0.4, -0.2) is 41.4 Å². The molecule has 0 N–H and O–H groups in total. The van der Waals surface area contributed by atoms with E-state index in [9.17, 15) is 18.0 Å². The van der Waals surface area contributed by atoms with Crippen molar-refractivity contribution in [3.05, 3.63) is 70.2 Å². The molecule has 0 spiro atoms. The number of halogens is 4. The van der Waals surface area contributed by atoms with Crippen LogP contribution < -0.4 is 0 Å². The monoisotopic (exact) mass is 492 g/mol. The lowest BCUT2D eigenvalue weighted by molar-refractivity contribution is -0.138. The smallest absolute Gasteiger partial charge is 0.337 e. The van der Waals surface area contributed by atoms with Gasteiger partial charge in [0, 0.05) is 37.1 Å². The van der Waals surface area contributed by atoms with Gasteiger partial charge in [0.05, 0.1) is 11.6 Å². The van der Waals surface area contributed by atoms with Gasteiger partial charge < -0.3 is 4.90 Å². The molecule has 4 rings (SSSR count). The van der Waals surface area contributed by atoms with Gasteiger partial charge in [0.25, 0.3) is 0 Å². The standard InChI is InChI=1S/C27H32ClF3N2O/c1-19-18-32(14-15-33(19)25(34)16-20-8-4-2-5-9-20)26(21-10-6-3-7-11-21)23-13-12-22(17-24(23)28)27(29,30)31/h3,6-7,10-13,17,19-20,26H,2,4-5,8-9,14-16,18H2,1H3. The Bertz CT molecular complexity index is 976. The SMILES string of the molecule is CC1CN(C(c2ccccc2)c2ccc(C(F)(F)F)cc2Cl)CCN1C(=O)CC1CCCCC1. The largest absolute Gasteiger partial charge is 0.416 e. The fourth-order valence-corrected chi connectivity index (χ4v) is 5.78. The lowest BCUT2D eigenvalue weighted by Gasteiger charge is -2.44. The van der Waals surface area contributed by atoms with Crippen LogP contribution in [-0.2, 0) is 11.0 Å². The van der Waals surface area contributed by atoms with E-state index in [1.54, 1.807) is 0 Å². The molecule has 7 heteroatoms. The van der Waals surface area contributed by atoms with E-state index in [4.69, 9.17) is 11.6 Å². The molecule has 1 amide bonds. The predicted octanol–water partition coefficient (Wildman–Crippen LogP) is 6.95. The van der Waals surface area contributed by atoms with Gasteiger partial charge in [0.1, 0.15) is 0 Å². The minimum absolute atomic E-state index is 0.0178. The summed E-state index contributed by atoms with van der Waals surface area (Å²) in [4.78, 5) is 17.3. The Morgan fingerprint density at radius 1 is 1.06 bits per heavy atom. The number of benzene rings is 2. The maximum atomic E-state index is 13.2. The molecule has 184 valence electrons. The number of carbonyl (C=O) groups excluding carboxylic acids is 1. The fourth-order valence-electron chi connectivity index (χ4n) is 5.49. The average Bonchev–Trinajstić information content (AvgIpc) is 2.81. The van der Waals surface area contributed by atoms with Gasteiger partial charge in [-0.3, -0.25) is 9.69 Å². The minimum atomic E-state index is -4.44. The number of nitrogens with zero attached hydrogens (tertiary/aromatic N) is 2. The zero-order valence-corrected chi connectivity index (χ0v) is 20.3. The number of hydrogen-bond donors (Lipinski definition) is 0. The first kappa shape index (κ1) is 25.1. The van der Waals surface area contributed by atoms with Crippen LogP contribution in [0.1, 0.15) is 68.2 Å². The van der Waals surface area contributed by atoms with Crippen LogP contribution in [0.25, 0.3) is 0 Å². The van der Waals surface area contributed by atoms with E-state index < -0.39 is 11.7 Å². The molecule has 1 saturated heterocycles. The highest BCUT2D eigenvalue weighted by Gasteiger charge is 2.35. The molecule has 2 fully saturated rings. The summed E-state index contributed by atoms with van der Waals surface area (Å²) >= 11 is 6.43. The van der Waals surface area contributed by atoms with Crippen molar-refractivity contribution in [2.75, 3.05) is 19.6 Å². The van der Waals surface area contributed by atoms with E-state index in [0.29, 0.717) is 37.5 Å². The summed E-state index contributed by atoms with van der Waals surface area (Å²) in [5.74, 6) is 0.720. The van der Waals surface area contributed by atoms with Crippen LogP contribution in [0.3, 0.4) is 0 Å². The second-order valence-corrected chi connectivity index (χ2v) is 10.1. The summed E-state index contributed by atoms with van der Waals surface area (Å²) in [6.45, 7) is 3.93. The zero-order valence-electron chi connectivity index (χ0n) is 19.5. The molecule has 0 aromatic heterocycles. The molecule has 3 nitrogen and oxygen atoms in total. The highest BCUT2D eigenvalue weighted by molar-refractivity contribution is 6.31. The number of piperazine rings is 1. The summed E-state index contributed by atoms with van der Waals surface area (Å²) in [7, 11) is 0. The molecule has 0 radical (unpaired) electrons. The molecular weight excluding hydrogens is 461 g/mol. The van der Waals surface area contributed by atoms with Gasteiger partial charge in [-0.15, -0.1) is 0 Å². The van der Waals surface area contributed by atoms with Crippen LogP contribution in [0.2, 0.25) is 5.02 Å². The highest BCUT2D eigenvalue weighted by Crippen LogP contribution is 2.38. The van der Waals surface area contributed by atoms with E-state index in [-0.39, 0.29) is 23.0 Å². The van der Waals surface area contributed by atoms with E-state index >= 15 is 0 Å².